The Hall–Kier alpha value is -1.90. The molecule has 0 saturated heterocycles. The Morgan fingerprint density at radius 1 is 1.19 bits per heavy atom. The summed E-state index contributed by atoms with van der Waals surface area (Å²) in [5.74, 6) is -0.162. The average molecular weight is 455 g/mol. The lowest BCUT2D eigenvalue weighted by Crippen LogP contribution is -2.31. The molecule has 2 aromatic rings. The molecule has 0 fully saturated rings. The Labute approximate surface area is 168 Å². The Morgan fingerprint density at radius 3 is 2.59 bits per heavy atom. The van der Waals surface area contributed by atoms with E-state index in [-0.39, 0.29) is 18.9 Å². The maximum atomic E-state index is 12.2. The summed E-state index contributed by atoms with van der Waals surface area (Å²) in [6.45, 7) is 0.692. The van der Waals surface area contributed by atoms with Gasteiger partial charge in [0.2, 0.25) is 15.9 Å². The zero-order valence-corrected chi connectivity index (χ0v) is 17.7. The molecule has 0 heterocycles. The first-order valence-electron chi connectivity index (χ1n) is 8.41. The molecule has 0 aromatic heterocycles. The first kappa shape index (κ1) is 21.4. The molecule has 0 atom stereocenters. The molecule has 0 saturated carbocycles. The number of carbonyl (C=O) groups excluding carboxylic acids is 1. The second-order valence-corrected chi connectivity index (χ2v) is 8.83. The minimum atomic E-state index is -3.45. The number of anilines is 2. The molecule has 146 valence electrons. The van der Waals surface area contributed by atoms with Crippen molar-refractivity contribution in [1.29, 1.82) is 0 Å². The van der Waals surface area contributed by atoms with Crippen molar-refractivity contribution in [2.75, 3.05) is 29.5 Å². The number of nitrogens with zero attached hydrogens (tertiary/aromatic N) is 1. The summed E-state index contributed by atoms with van der Waals surface area (Å²) >= 11 is 3.38. The van der Waals surface area contributed by atoms with Gasteiger partial charge in [-0.1, -0.05) is 24.3 Å². The van der Waals surface area contributed by atoms with Crippen LogP contribution in [0, 0.1) is 0 Å². The van der Waals surface area contributed by atoms with Crippen LogP contribution in [0.3, 0.4) is 0 Å². The molecular weight excluding hydrogens is 432 g/mol. The van der Waals surface area contributed by atoms with Crippen LogP contribution in [0.15, 0.2) is 53.0 Å². The van der Waals surface area contributed by atoms with Crippen LogP contribution in [0.1, 0.15) is 18.4 Å². The predicted octanol–water partition coefficient (Wildman–Crippen LogP) is 3.78. The number of benzene rings is 2. The number of methoxy groups -OCH3 is 1. The highest BCUT2D eigenvalue weighted by Gasteiger charge is 2.19. The number of para-hydroxylation sites is 1. The topological polar surface area (TPSA) is 75.7 Å². The van der Waals surface area contributed by atoms with Gasteiger partial charge in [-0.05, 0) is 52.2 Å². The predicted molar refractivity (Wildman–Crippen MR) is 111 cm³/mol. The lowest BCUT2D eigenvalue weighted by atomic mass is 10.2. The fraction of sp³-hybridized carbons (Fsp3) is 0.316. The standard InChI is InChI=1S/C19H23BrN2O4S/c1-26-14-15-7-5-8-16(13-15)21-19(23)11-6-12-22(27(2,24)25)18-10-4-3-9-17(18)20/h3-5,7-10,13H,6,11-12,14H2,1-2H3,(H,21,23). The molecule has 0 radical (unpaired) electrons. The van der Waals surface area contributed by atoms with Crippen molar-refractivity contribution in [2.24, 2.45) is 0 Å². The molecule has 2 rings (SSSR count). The van der Waals surface area contributed by atoms with E-state index < -0.39 is 10.0 Å². The van der Waals surface area contributed by atoms with Gasteiger partial charge in [0, 0.05) is 30.2 Å². The molecule has 0 aliphatic heterocycles. The summed E-state index contributed by atoms with van der Waals surface area (Å²) in [7, 11) is -1.84. The van der Waals surface area contributed by atoms with Crippen LogP contribution in [0.25, 0.3) is 0 Å². The van der Waals surface area contributed by atoms with Crippen molar-refractivity contribution >= 4 is 43.2 Å². The molecule has 1 N–H and O–H groups in total. The number of halogens is 1. The van der Waals surface area contributed by atoms with Gasteiger partial charge >= 0.3 is 0 Å². The Kier molecular flexibility index (Phi) is 7.82. The SMILES string of the molecule is COCc1cccc(NC(=O)CCCN(c2ccccc2Br)S(C)(=O)=O)c1. The highest BCUT2D eigenvalue weighted by atomic mass is 79.9. The highest BCUT2D eigenvalue weighted by molar-refractivity contribution is 9.10. The van der Waals surface area contributed by atoms with E-state index in [0.717, 1.165) is 11.8 Å². The van der Waals surface area contributed by atoms with Crippen LogP contribution < -0.4 is 9.62 Å². The summed E-state index contributed by atoms with van der Waals surface area (Å²) in [6.07, 6.45) is 1.77. The maximum Gasteiger partial charge on any atom is 0.232 e. The number of sulfonamides is 1. The zero-order valence-electron chi connectivity index (χ0n) is 15.3. The fourth-order valence-electron chi connectivity index (χ4n) is 2.63. The number of rotatable bonds is 9. The van der Waals surface area contributed by atoms with Crippen molar-refractivity contribution in [3.8, 4) is 0 Å². The Bertz CT molecular complexity index is 887. The van der Waals surface area contributed by atoms with Crippen LogP contribution >= 0.6 is 15.9 Å². The number of hydrogen-bond acceptors (Lipinski definition) is 4. The monoisotopic (exact) mass is 454 g/mol. The zero-order chi connectivity index (χ0) is 19.9. The number of carbonyl (C=O) groups is 1. The van der Waals surface area contributed by atoms with E-state index in [1.165, 1.54) is 4.31 Å². The van der Waals surface area contributed by atoms with Gasteiger partial charge in [-0.3, -0.25) is 9.10 Å². The largest absolute Gasteiger partial charge is 0.380 e. The molecule has 6 nitrogen and oxygen atoms in total. The van der Waals surface area contributed by atoms with Crippen LogP contribution in [0.4, 0.5) is 11.4 Å². The van der Waals surface area contributed by atoms with Gasteiger partial charge in [0.25, 0.3) is 0 Å². The molecular formula is C19H23BrN2O4S. The molecule has 0 unspecified atom stereocenters. The molecule has 2 aromatic carbocycles. The lowest BCUT2D eigenvalue weighted by molar-refractivity contribution is -0.116. The first-order chi connectivity index (χ1) is 12.8. The molecule has 0 aliphatic rings. The van der Waals surface area contributed by atoms with E-state index in [1.54, 1.807) is 31.4 Å². The molecule has 0 aliphatic carbocycles. The van der Waals surface area contributed by atoms with Gasteiger partial charge in [0.15, 0.2) is 0 Å². The van der Waals surface area contributed by atoms with E-state index in [2.05, 4.69) is 21.2 Å². The normalized spacial score (nSPS) is 11.2. The van der Waals surface area contributed by atoms with E-state index in [1.807, 2.05) is 24.3 Å². The van der Waals surface area contributed by atoms with Gasteiger partial charge in [-0.25, -0.2) is 8.42 Å². The van der Waals surface area contributed by atoms with E-state index in [4.69, 9.17) is 4.74 Å². The summed E-state index contributed by atoms with van der Waals surface area (Å²) in [5.41, 5.74) is 2.22. The summed E-state index contributed by atoms with van der Waals surface area (Å²) in [6, 6.07) is 14.5. The van der Waals surface area contributed by atoms with Gasteiger partial charge in [-0.15, -0.1) is 0 Å². The van der Waals surface area contributed by atoms with Gasteiger partial charge in [0.1, 0.15) is 0 Å². The quantitative estimate of drug-likeness (QED) is 0.625. The summed E-state index contributed by atoms with van der Waals surface area (Å²) in [5, 5.41) is 2.83. The van der Waals surface area contributed by atoms with Crippen LogP contribution in [0.2, 0.25) is 0 Å². The summed E-state index contributed by atoms with van der Waals surface area (Å²) in [4.78, 5) is 12.2. The third-order valence-electron chi connectivity index (χ3n) is 3.81. The second kappa shape index (κ2) is 9.87. The van der Waals surface area contributed by atoms with E-state index in [9.17, 15) is 13.2 Å². The third kappa shape index (κ3) is 6.64. The molecule has 0 bridgehead atoms. The van der Waals surface area contributed by atoms with Crippen LogP contribution in [-0.4, -0.2) is 34.2 Å². The molecule has 27 heavy (non-hydrogen) atoms. The Balaban J connectivity index is 1.96. The second-order valence-electron chi connectivity index (χ2n) is 6.07. The highest BCUT2D eigenvalue weighted by Crippen LogP contribution is 2.27. The number of ether oxygens (including phenoxy) is 1. The molecule has 0 spiro atoms. The van der Waals surface area contributed by atoms with Gasteiger partial charge < -0.3 is 10.1 Å². The van der Waals surface area contributed by atoms with Crippen molar-refractivity contribution in [3.05, 3.63) is 58.6 Å². The van der Waals surface area contributed by atoms with Crippen molar-refractivity contribution in [2.45, 2.75) is 19.4 Å². The van der Waals surface area contributed by atoms with E-state index >= 15 is 0 Å². The van der Waals surface area contributed by atoms with Gasteiger partial charge in [0.05, 0.1) is 18.6 Å². The van der Waals surface area contributed by atoms with Crippen LogP contribution in [-0.2, 0) is 26.2 Å². The summed E-state index contributed by atoms with van der Waals surface area (Å²) < 4.78 is 31.4. The minimum Gasteiger partial charge on any atom is -0.380 e. The Morgan fingerprint density at radius 2 is 1.93 bits per heavy atom. The number of amides is 1. The number of hydrogen-bond donors (Lipinski definition) is 1. The number of nitrogens with one attached hydrogen (secondary N) is 1. The molecule has 8 heteroatoms. The van der Waals surface area contributed by atoms with Crippen LogP contribution in [0.5, 0.6) is 0 Å². The minimum absolute atomic E-state index is 0.162. The molecule has 1 amide bonds. The van der Waals surface area contributed by atoms with Gasteiger partial charge in [-0.2, -0.15) is 0 Å². The lowest BCUT2D eigenvalue weighted by Gasteiger charge is -2.23. The van der Waals surface area contributed by atoms with Crippen molar-refractivity contribution in [1.82, 2.24) is 0 Å². The van der Waals surface area contributed by atoms with Crippen molar-refractivity contribution in [3.63, 3.8) is 0 Å². The van der Waals surface area contributed by atoms with E-state index in [0.29, 0.717) is 28.9 Å². The fourth-order valence-corrected chi connectivity index (χ4v) is 4.22. The first-order valence-corrected chi connectivity index (χ1v) is 11.1. The smallest absolute Gasteiger partial charge is 0.232 e. The third-order valence-corrected chi connectivity index (χ3v) is 5.66. The maximum absolute atomic E-state index is 12.2. The van der Waals surface area contributed by atoms with Crippen molar-refractivity contribution < 1.29 is 17.9 Å². The average Bonchev–Trinajstić information content (AvgIpc) is 2.59.